The minimum Gasteiger partial charge on any atom is -0.483 e. The summed E-state index contributed by atoms with van der Waals surface area (Å²) in [5, 5.41) is 7.55. The van der Waals surface area contributed by atoms with Crippen LogP contribution in [0.2, 0.25) is 0 Å². The van der Waals surface area contributed by atoms with E-state index in [0.29, 0.717) is 11.8 Å². The van der Waals surface area contributed by atoms with E-state index in [-0.39, 0.29) is 12.5 Å². The highest BCUT2D eigenvalue weighted by molar-refractivity contribution is 9.10. The summed E-state index contributed by atoms with van der Waals surface area (Å²) < 4.78 is 11.7. The Bertz CT molecular complexity index is 516. The number of ether oxygens (including phenoxy) is 1. The van der Waals surface area contributed by atoms with Crippen molar-refractivity contribution >= 4 is 27.5 Å². The van der Waals surface area contributed by atoms with E-state index in [2.05, 4.69) is 26.1 Å². The minimum absolute atomic E-state index is 0.210. The second-order valence-electron chi connectivity index (χ2n) is 3.45. The Morgan fingerprint density at radius 3 is 2.76 bits per heavy atom. The molecule has 0 atom stereocenters. The minimum atomic E-state index is 0.210. The van der Waals surface area contributed by atoms with E-state index in [9.17, 15) is 0 Å². The molecule has 2 rings (SSSR count). The summed E-state index contributed by atoms with van der Waals surface area (Å²) in [6.07, 6.45) is 0. The van der Waals surface area contributed by atoms with Crippen LogP contribution in [-0.4, -0.2) is 10.2 Å². The second kappa shape index (κ2) is 5.51. The molecule has 0 aliphatic heterocycles. The Balaban J connectivity index is 2.02. The molecule has 0 aliphatic rings. The Labute approximate surface area is 112 Å². The first kappa shape index (κ1) is 12.4. The van der Waals surface area contributed by atoms with Gasteiger partial charge in [-0.15, -0.1) is 21.8 Å². The lowest BCUT2D eigenvalue weighted by Gasteiger charge is -2.06. The molecule has 0 radical (unpaired) electrons. The fourth-order valence-corrected chi connectivity index (χ4v) is 1.98. The molecule has 1 heterocycles. The van der Waals surface area contributed by atoms with Gasteiger partial charge >= 0.3 is 0 Å². The summed E-state index contributed by atoms with van der Waals surface area (Å²) in [6, 6.07) is 5.84. The maximum absolute atomic E-state index is 5.56. The molecule has 1 aromatic carbocycles. The average molecular weight is 318 g/mol. The van der Waals surface area contributed by atoms with Gasteiger partial charge in [0.2, 0.25) is 5.89 Å². The lowest BCUT2D eigenvalue weighted by Crippen LogP contribution is -1.96. The molecule has 17 heavy (non-hydrogen) atoms. The van der Waals surface area contributed by atoms with Crippen LogP contribution in [0.25, 0.3) is 0 Å². The Hall–Kier alpha value is -1.07. The van der Waals surface area contributed by atoms with Crippen molar-refractivity contribution in [2.75, 3.05) is 0 Å². The number of rotatable bonds is 4. The average Bonchev–Trinajstić information content (AvgIpc) is 2.76. The second-order valence-corrected chi connectivity index (χ2v) is 4.57. The van der Waals surface area contributed by atoms with Crippen molar-refractivity contribution < 1.29 is 9.15 Å². The van der Waals surface area contributed by atoms with E-state index >= 15 is 0 Å². The van der Waals surface area contributed by atoms with E-state index < -0.39 is 0 Å². The Kier molecular flexibility index (Phi) is 4.02. The van der Waals surface area contributed by atoms with Crippen LogP contribution in [-0.2, 0) is 12.5 Å². The van der Waals surface area contributed by atoms with Crippen molar-refractivity contribution in [3.05, 3.63) is 40.0 Å². The van der Waals surface area contributed by atoms with Crippen LogP contribution in [0.5, 0.6) is 5.75 Å². The highest BCUT2D eigenvalue weighted by Crippen LogP contribution is 2.26. The maximum Gasteiger partial charge on any atom is 0.253 e. The van der Waals surface area contributed by atoms with Crippen LogP contribution in [0.3, 0.4) is 0 Å². The van der Waals surface area contributed by atoms with Crippen LogP contribution >= 0.6 is 27.5 Å². The van der Waals surface area contributed by atoms with Gasteiger partial charge in [-0.3, -0.25) is 0 Å². The van der Waals surface area contributed by atoms with E-state index in [1.54, 1.807) is 0 Å². The van der Waals surface area contributed by atoms with Gasteiger partial charge < -0.3 is 9.15 Å². The summed E-state index contributed by atoms with van der Waals surface area (Å²) >= 11 is 8.98. The number of benzene rings is 1. The molecule has 90 valence electrons. The zero-order valence-corrected chi connectivity index (χ0v) is 11.5. The third-order valence-electron chi connectivity index (χ3n) is 2.06. The molecule has 0 aliphatic carbocycles. The maximum atomic E-state index is 5.56. The lowest BCUT2D eigenvalue weighted by molar-refractivity contribution is 0.258. The molecule has 0 bridgehead atoms. The van der Waals surface area contributed by atoms with Gasteiger partial charge in [-0.25, -0.2) is 0 Å². The van der Waals surface area contributed by atoms with Crippen LogP contribution in [0.4, 0.5) is 0 Å². The van der Waals surface area contributed by atoms with Gasteiger partial charge in [-0.1, -0.05) is 6.07 Å². The van der Waals surface area contributed by atoms with Gasteiger partial charge in [0.25, 0.3) is 5.89 Å². The summed E-state index contributed by atoms with van der Waals surface area (Å²) in [5.41, 5.74) is 1.16. The van der Waals surface area contributed by atoms with Crippen LogP contribution in [0, 0.1) is 6.92 Å². The molecule has 1 aromatic heterocycles. The zero-order valence-electron chi connectivity index (χ0n) is 9.11. The summed E-state index contributed by atoms with van der Waals surface area (Å²) in [4.78, 5) is 0. The number of hydrogen-bond donors (Lipinski definition) is 0. The quantitative estimate of drug-likeness (QED) is 0.810. The first-order valence-corrected chi connectivity index (χ1v) is 6.28. The monoisotopic (exact) mass is 316 g/mol. The van der Waals surface area contributed by atoms with Crippen molar-refractivity contribution in [1.29, 1.82) is 0 Å². The summed E-state index contributed by atoms with van der Waals surface area (Å²) in [5.74, 6) is 1.75. The van der Waals surface area contributed by atoms with E-state index in [1.807, 2.05) is 25.1 Å². The van der Waals surface area contributed by atoms with Crippen molar-refractivity contribution in [1.82, 2.24) is 10.2 Å². The molecule has 0 spiro atoms. The van der Waals surface area contributed by atoms with Crippen LogP contribution in [0.1, 0.15) is 17.3 Å². The molecular weight excluding hydrogens is 307 g/mol. The molecule has 0 fully saturated rings. The van der Waals surface area contributed by atoms with Crippen molar-refractivity contribution in [3.63, 3.8) is 0 Å². The van der Waals surface area contributed by atoms with Crippen LogP contribution in [0.15, 0.2) is 27.1 Å². The number of aromatic nitrogens is 2. The standard InChI is InChI=1S/C11H10BrClN2O2/c1-7-2-3-9(8(12)4-7)16-6-11-15-14-10(5-13)17-11/h2-4H,5-6H2,1H3. The number of alkyl halides is 1. The van der Waals surface area contributed by atoms with Gasteiger partial charge in [-0.2, -0.15) is 0 Å². The number of hydrogen-bond acceptors (Lipinski definition) is 4. The molecule has 0 amide bonds. The summed E-state index contributed by atoms with van der Waals surface area (Å²) in [6.45, 7) is 2.24. The molecule has 4 nitrogen and oxygen atoms in total. The third-order valence-corrected chi connectivity index (χ3v) is 2.91. The van der Waals surface area contributed by atoms with Gasteiger partial charge in [0.1, 0.15) is 11.6 Å². The molecule has 0 saturated carbocycles. The Morgan fingerprint density at radius 1 is 1.35 bits per heavy atom. The number of nitrogens with zero attached hydrogens (tertiary/aromatic N) is 2. The number of halogens is 2. The smallest absolute Gasteiger partial charge is 0.253 e. The fourth-order valence-electron chi connectivity index (χ4n) is 1.26. The van der Waals surface area contributed by atoms with E-state index in [1.165, 1.54) is 0 Å². The molecular formula is C11H10BrClN2O2. The lowest BCUT2D eigenvalue weighted by atomic mass is 10.2. The van der Waals surface area contributed by atoms with Crippen molar-refractivity contribution in [3.8, 4) is 5.75 Å². The predicted octanol–water partition coefficient (Wildman–Crippen LogP) is 3.46. The van der Waals surface area contributed by atoms with Crippen molar-refractivity contribution in [2.45, 2.75) is 19.4 Å². The third kappa shape index (κ3) is 3.20. The van der Waals surface area contributed by atoms with E-state index in [0.717, 1.165) is 15.8 Å². The molecule has 2 aromatic rings. The summed E-state index contributed by atoms with van der Waals surface area (Å²) in [7, 11) is 0. The largest absolute Gasteiger partial charge is 0.483 e. The SMILES string of the molecule is Cc1ccc(OCc2nnc(CCl)o2)c(Br)c1. The fraction of sp³-hybridized carbons (Fsp3) is 0.273. The first-order chi connectivity index (χ1) is 8.19. The molecule has 0 N–H and O–H groups in total. The molecule has 0 saturated heterocycles. The van der Waals surface area contributed by atoms with Gasteiger partial charge in [0, 0.05) is 0 Å². The van der Waals surface area contributed by atoms with Gasteiger partial charge in [-0.05, 0) is 40.5 Å². The predicted molar refractivity (Wildman–Crippen MR) is 67.1 cm³/mol. The van der Waals surface area contributed by atoms with E-state index in [4.69, 9.17) is 20.8 Å². The normalized spacial score (nSPS) is 10.5. The van der Waals surface area contributed by atoms with Gasteiger partial charge in [0.15, 0.2) is 6.61 Å². The zero-order chi connectivity index (χ0) is 12.3. The molecule has 0 unspecified atom stereocenters. The highest BCUT2D eigenvalue weighted by atomic mass is 79.9. The van der Waals surface area contributed by atoms with Crippen molar-refractivity contribution in [2.24, 2.45) is 0 Å². The van der Waals surface area contributed by atoms with Gasteiger partial charge in [0.05, 0.1) is 4.47 Å². The topological polar surface area (TPSA) is 48.2 Å². The van der Waals surface area contributed by atoms with Crippen LogP contribution < -0.4 is 4.74 Å². The Morgan fingerprint density at radius 2 is 2.12 bits per heavy atom. The highest BCUT2D eigenvalue weighted by Gasteiger charge is 2.07. The first-order valence-electron chi connectivity index (χ1n) is 4.95. The molecule has 6 heteroatoms. The number of aryl methyl sites for hydroxylation is 1.